The Kier molecular flexibility index (Phi) is 6.48. The van der Waals surface area contributed by atoms with Crippen molar-refractivity contribution >= 4 is 11.6 Å². The van der Waals surface area contributed by atoms with Gasteiger partial charge in [0, 0.05) is 25.3 Å². The topological polar surface area (TPSA) is 37.0 Å². The molecule has 17 heavy (non-hydrogen) atoms. The zero-order chi connectivity index (χ0) is 12.7. The van der Waals surface area contributed by atoms with Crippen LogP contribution in [-0.4, -0.2) is 24.1 Å². The van der Waals surface area contributed by atoms with Gasteiger partial charge in [0.1, 0.15) is 0 Å². The smallest absolute Gasteiger partial charge is 0.0589 e. The van der Waals surface area contributed by atoms with Gasteiger partial charge in [0.15, 0.2) is 0 Å². The minimum Gasteiger partial charge on any atom is -0.315 e. The van der Waals surface area contributed by atoms with Crippen molar-refractivity contribution < 1.29 is 0 Å². The van der Waals surface area contributed by atoms with E-state index in [0.717, 1.165) is 25.3 Å². The fourth-order valence-corrected chi connectivity index (χ4v) is 1.56. The number of hydrogen-bond donors (Lipinski definition) is 2. The molecule has 0 aliphatic rings. The molecule has 0 spiro atoms. The molecule has 0 bridgehead atoms. The predicted molar refractivity (Wildman–Crippen MR) is 73.3 cm³/mol. The first kappa shape index (κ1) is 14.4. The van der Waals surface area contributed by atoms with Crippen molar-refractivity contribution in [1.82, 2.24) is 15.6 Å². The van der Waals surface area contributed by atoms with Gasteiger partial charge in [0.05, 0.1) is 10.7 Å². The summed E-state index contributed by atoms with van der Waals surface area (Å²) in [6.07, 6.45) is 1.68. The lowest BCUT2D eigenvalue weighted by Gasteiger charge is -2.15. The number of aromatic nitrogens is 1. The molecule has 1 unspecified atom stereocenters. The van der Waals surface area contributed by atoms with Crippen molar-refractivity contribution in [2.45, 2.75) is 33.4 Å². The summed E-state index contributed by atoms with van der Waals surface area (Å²) in [5, 5.41) is 7.53. The fraction of sp³-hybridized carbons (Fsp3) is 0.615. The molecule has 0 aromatic carbocycles. The quantitative estimate of drug-likeness (QED) is 0.786. The Labute approximate surface area is 109 Å². The molecule has 1 atom stereocenters. The maximum atomic E-state index is 5.78. The molecule has 1 heterocycles. The molecule has 96 valence electrons. The van der Waals surface area contributed by atoms with Crippen LogP contribution in [0.15, 0.2) is 18.3 Å². The van der Waals surface area contributed by atoms with Gasteiger partial charge in [-0.25, -0.2) is 0 Å². The van der Waals surface area contributed by atoms with Gasteiger partial charge in [0.25, 0.3) is 0 Å². The average molecular weight is 256 g/mol. The Morgan fingerprint density at radius 3 is 2.59 bits per heavy atom. The molecule has 0 saturated heterocycles. The summed E-state index contributed by atoms with van der Waals surface area (Å²) in [6, 6.07) is 4.25. The van der Waals surface area contributed by atoms with Crippen molar-refractivity contribution in [3.63, 3.8) is 0 Å². The van der Waals surface area contributed by atoms with Crippen molar-refractivity contribution in [3.05, 3.63) is 29.0 Å². The van der Waals surface area contributed by atoms with E-state index in [9.17, 15) is 0 Å². The lowest BCUT2D eigenvalue weighted by Crippen LogP contribution is -2.37. The van der Waals surface area contributed by atoms with Gasteiger partial charge in [-0.2, -0.15) is 0 Å². The zero-order valence-corrected chi connectivity index (χ0v) is 11.6. The molecule has 3 nitrogen and oxygen atoms in total. The number of nitrogens with zero attached hydrogens (tertiary/aromatic N) is 1. The molecule has 1 aromatic heterocycles. The third-order valence-electron chi connectivity index (χ3n) is 2.42. The van der Waals surface area contributed by atoms with Crippen LogP contribution in [0.4, 0.5) is 0 Å². The highest BCUT2D eigenvalue weighted by molar-refractivity contribution is 6.30. The van der Waals surface area contributed by atoms with Crippen molar-refractivity contribution in [3.8, 4) is 0 Å². The molecule has 1 aromatic rings. The van der Waals surface area contributed by atoms with E-state index in [1.54, 1.807) is 6.20 Å². The minimum absolute atomic E-state index is 0.436. The van der Waals surface area contributed by atoms with Gasteiger partial charge in [0.2, 0.25) is 0 Å². The van der Waals surface area contributed by atoms with Crippen LogP contribution < -0.4 is 10.6 Å². The molecule has 0 aliphatic heterocycles. The van der Waals surface area contributed by atoms with Gasteiger partial charge in [-0.15, -0.1) is 0 Å². The van der Waals surface area contributed by atoms with Crippen molar-refractivity contribution in [2.24, 2.45) is 5.92 Å². The second-order valence-corrected chi connectivity index (χ2v) is 5.24. The first-order valence-electron chi connectivity index (χ1n) is 6.12. The van der Waals surface area contributed by atoms with Crippen LogP contribution in [0.1, 0.15) is 26.5 Å². The number of pyridine rings is 1. The number of rotatable bonds is 7. The summed E-state index contributed by atoms with van der Waals surface area (Å²) in [6.45, 7) is 9.41. The van der Waals surface area contributed by atoms with Gasteiger partial charge < -0.3 is 10.6 Å². The van der Waals surface area contributed by atoms with E-state index in [4.69, 9.17) is 11.6 Å². The van der Waals surface area contributed by atoms with Crippen molar-refractivity contribution in [1.29, 1.82) is 0 Å². The largest absolute Gasteiger partial charge is 0.315 e. The summed E-state index contributed by atoms with van der Waals surface area (Å²) in [5.41, 5.74) is 1.02. The Hall–Kier alpha value is -0.640. The predicted octanol–water partition coefficient (Wildman–Crippen LogP) is 2.46. The molecule has 1 rings (SSSR count). The summed E-state index contributed by atoms with van der Waals surface area (Å²) >= 11 is 5.78. The van der Waals surface area contributed by atoms with Gasteiger partial charge in [-0.05, 0) is 31.5 Å². The van der Waals surface area contributed by atoms with Gasteiger partial charge in [-0.1, -0.05) is 25.4 Å². The summed E-state index contributed by atoms with van der Waals surface area (Å²) < 4.78 is 0. The first-order valence-corrected chi connectivity index (χ1v) is 6.50. The van der Waals surface area contributed by atoms with E-state index in [0.29, 0.717) is 17.0 Å². The molecule has 2 N–H and O–H groups in total. The maximum absolute atomic E-state index is 5.78. The summed E-state index contributed by atoms with van der Waals surface area (Å²) in [7, 11) is 0. The molecular formula is C13H22ClN3. The third-order valence-corrected chi connectivity index (χ3v) is 2.65. The number of nitrogens with one attached hydrogen (secondary N) is 2. The van der Waals surface area contributed by atoms with E-state index < -0.39 is 0 Å². The molecule has 0 saturated carbocycles. The molecule has 0 amide bonds. The van der Waals surface area contributed by atoms with Crippen LogP contribution in [0, 0.1) is 5.92 Å². The summed E-state index contributed by atoms with van der Waals surface area (Å²) in [4.78, 5) is 4.24. The number of halogens is 1. The molecule has 0 radical (unpaired) electrons. The van der Waals surface area contributed by atoms with E-state index in [-0.39, 0.29) is 0 Å². The maximum Gasteiger partial charge on any atom is 0.0589 e. The second kappa shape index (κ2) is 7.64. The highest BCUT2D eigenvalue weighted by Crippen LogP contribution is 2.05. The Morgan fingerprint density at radius 2 is 2.00 bits per heavy atom. The lowest BCUT2D eigenvalue weighted by atomic mass is 10.2. The third kappa shape index (κ3) is 6.61. The fourth-order valence-electron chi connectivity index (χ4n) is 1.45. The van der Waals surface area contributed by atoms with Crippen LogP contribution >= 0.6 is 11.6 Å². The minimum atomic E-state index is 0.436. The zero-order valence-electron chi connectivity index (χ0n) is 10.8. The van der Waals surface area contributed by atoms with E-state index in [2.05, 4.69) is 36.4 Å². The second-order valence-electron chi connectivity index (χ2n) is 4.80. The monoisotopic (exact) mass is 255 g/mol. The van der Waals surface area contributed by atoms with E-state index in [1.807, 2.05) is 12.1 Å². The molecule has 4 heteroatoms. The van der Waals surface area contributed by atoms with Crippen LogP contribution in [0.2, 0.25) is 5.02 Å². The highest BCUT2D eigenvalue weighted by atomic mass is 35.5. The Balaban J connectivity index is 2.19. The van der Waals surface area contributed by atoms with Crippen LogP contribution in [0.25, 0.3) is 0 Å². The van der Waals surface area contributed by atoms with Crippen LogP contribution in [0.5, 0.6) is 0 Å². The SMILES string of the molecule is CC(C)CNCC(C)NCc1ccc(Cl)cn1. The lowest BCUT2D eigenvalue weighted by molar-refractivity contribution is 0.470. The van der Waals surface area contributed by atoms with Gasteiger partial charge >= 0.3 is 0 Å². The van der Waals surface area contributed by atoms with E-state index in [1.165, 1.54) is 0 Å². The number of hydrogen-bond acceptors (Lipinski definition) is 3. The Bertz CT molecular complexity index is 311. The molecule has 0 fully saturated rings. The van der Waals surface area contributed by atoms with Crippen molar-refractivity contribution in [2.75, 3.05) is 13.1 Å². The Morgan fingerprint density at radius 1 is 1.24 bits per heavy atom. The summed E-state index contributed by atoms with van der Waals surface area (Å²) in [5.74, 6) is 0.695. The average Bonchev–Trinajstić information content (AvgIpc) is 2.28. The normalized spacial score (nSPS) is 13.0. The van der Waals surface area contributed by atoms with E-state index >= 15 is 0 Å². The standard InChI is InChI=1S/C13H22ClN3/c1-10(2)6-15-7-11(3)16-9-13-5-4-12(14)8-17-13/h4-5,8,10-11,15-16H,6-7,9H2,1-3H3. The van der Waals surface area contributed by atoms with Gasteiger partial charge in [-0.3, -0.25) is 4.98 Å². The van der Waals surface area contributed by atoms with Crippen LogP contribution in [0.3, 0.4) is 0 Å². The highest BCUT2D eigenvalue weighted by Gasteiger charge is 2.02. The first-order chi connectivity index (χ1) is 8.08. The molecule has 0 aliphatic carbocycles. The molecular weight excluding hydrogens is 234 g/mol. The van der Waals surface area contributed by atoms with Crippen LogP contribution in [-0.2, 0) is 6.54 Å².